The van der Waals surface area contributed by atoms with E-state index in [1.54, 1.807) is 18.2 Å². The van der Waals surface area contributed by atoms with Gasteiger partial charge in [-0.15, -0.1) is 0 Å². The number of carbonyl (C=O) groups excluding carboxylic acids is 1. The molecule has 0 atom stereocenters. The molecule has 0 aliphatic carbocycles. The maximum absolute atomic E-state index is 12.5. The molecule has 0 aliphatic heterocycles. The molecule has 0 fully saturated rings. The van der Waals surface area contributed by atoms with Gasteiger partial charge in [0.2, 0.25) is 0 Å². The number of anilines is 1. The normalized spacial score (nSPS) is 10.6. The van der Waals surface area contributed by atoms with Gasteiger partial charge in [0.15, 0.2) is 5.13 Å². The van der Waals surface area contributed by atoms with Crippen LogP contribution in [0.15, 0.2) is 36.4 Å². The number of carbonyl (C=O) groups is 2. The quantitative estimate of drug-likeness (QED) is 0.526. The Morgan fingerprint density at radius 3 is 2.60 bits per heavy atom. The van der Waals surface area contributed by atoms with Crippen LogP contribution in [0.25, 0.3) is 10.2 Å². The molecule has 8 nitrogen and oxygen atoms in total. The summed E-state index contributed by atoms with van der Waals surface area (Å²) in [5.41, 5.74) is -1.13. The third-order valence-corrected chi connectivity index (χ3v) is 4.53. The first-order valence-electron chi connectivity index (χ1n) is 6.75. The Morgan fingerprint density at radius 1 is 1.24 bits per heavy atom. The second kappa shape index (κ2) is 6.46. The highest BCUT2D eigenvalue weighted by Gasteiger charge is 2.27. The summed E-state index contributed by atoms with van der Waals surface area (Å²) in [7, 11) is 0. The molecule has 1 heterocycles. The highest BCUT2D eigenvalue weighted by atomic mass is 35.5. The molecule has 2 aromatic carbocycles. The maximum Gasteiger partial charge on any atom is 0.336 e. The lowest BCUT2D eigenvalue weighted by Gasteiger charge is -2.06. The van der Waals surface area contributed by atoms with Gasteiger partial charge in [-0.05, 0) is 18.2 Å². The van der Waals surface area contributed by atoms with Gasteiger partial charge in [-0.3, -0.25) is 20.2 Å². The second-order valence-corrected chi connectivity index (χ2v) is 6.26. The number of hydrogen-bond donors (Lipinski definition) is 2. The summed E-state index contributed by atoms with van der Waals surface area (Å²) < 4.78 is 0.712. The van der Waals surface area contributed by atoms with Crippen LogP contribution in [-0.4, -0.2) is 26.9 Å². The Balaban J connectivity index is 2.04. The molecule has 126 valence electrons. The molecule has 1 amide bonds. The van der Waals surface area contributed by atoms with Crippen molar-refractivity contribution in [2.45, 2.75) is 0 Å². The third-order valence-electron chi connectivity index (χ3n) is 3.29. The van der Waals surface area contributed by atoms with Crippen molar-refractivity contribution in [1.29, 1.82) is 0 Å². The molecule has 3 rings (SSSR count). The van der Waals surface area contributed by atoms with E-state index in [-0.39, 0.29) is 5.13 Å². The second-order valence-electron chi connectivity index (χ2n) is 4.82. The Kier molecular flexibility index (Phi) is 4.34. The first-order valence-corrected chi connectivity index (χ1v) is 7.95. The van der Waals surface area contributed by atoms with Crippen molar-refractivity contribution in [3.8, 4) is 0 Å². The van der Waals surface area contributed by atoms with E-state index in [2.05, 4.69) is 10.3 Å². The molecule has 10 heteroatoms. The average Bonchev–Trinajstić information content (AvgIpc) is 2.97. The van der Waals surface area contributed by atoms with Crippen LogP contribution in [0.5, 0.6) is 0 Å². The van der Waals surface area contributed by atoms with Crippen LogP contribution in [0, 0.1) is 10.1 Å². The van der Waals surface area contributed by atoms with Crippen molar-refractivity contribution in [3.63, 3.8) is 0 Å². The summed E-state index contributed by atoms with van der Waals surface area (Å²) >= 11 is 7.14. The lowest BCUT2D eigenvalue weighted by Crippen LogP contribution is -2.18. The number of carboxylic acid groups (broad SMARTS) is 1. The zero-order valence-electron chi connectivity index (χ0n) is 12.2. The lowest BCUT2D eigenvalue weighted by atomic mass is 10.0. The number of amides is 1. The van der Waals surface area contributed by atoms with Crippen molar-refractivity contribution in [1.82, 2.24) is 4.98 Å². The molecule has 0 aliphatic rings. The number of fused-ring (bicyclic) bond motifs is 1. The Morgan fingerprint density at radius 2 is 1.96 bits per heavy atom. The number of nitrogens with one attached hydrogen (secondary N) is 1. The predicted molar refractivity (Wildman–Crippen MR) is 92.6 cm³/mol. The number of hydrogen-bond acceptors (Lipinski definition) is 6. The van der Waals surface area contributed by atoms with Crippen molar-refractivity contribution in [3.05, 3.63) is 62.7 Å². The Labute approximate surface area is 148 Å². The van der Waals surface area contributed by atoms with Crippen molar-refractivity contribution in [2.75, 3.05) is 5.32 Å². The van der Waals surface area contributed by atoms with Gasteiger partial charge >= 0.3 is 5.97 Å². The molecular weight excluding hydrogens is 370 g/mol. The van der Waals surface area contributed by atoms with E-state index in [0.29, 0.717) is 15.2 Å². The van der Waals surface area contributed by atoms with Crippen molar-refractivity contribution in [2.24, 2.45) is 0 Å². The van der Waals surface area contributed by atoms with E-state index in [1.807, 2.05) is 0 Å². The average molecular weight is 378 g/mol. The monoisotopic (exact) mass is 377 g/mol. The Bertz CT molecular complexity index is 1000. The van der Waals surface area contributed by atoms with Crippen LogP contribution in [0.2, 0.25) is 5.02 Å². The Hall–Kier alpha value is -3.04. The number of halogens is 1. The van der Waals surface area contributed by atoms with Gasteiger partial charge in [-0.1, -0.05) is 35.1 Å². The van der Waals surface area contributed by atoms with Crippen LogP contribution in [-0.2, 0) is 0 Å². The third kappa shape index (κ3) is 3.14. The van der Waals surface area contributed by atoms with E-state index in [1.165, 1.54) is 6.07 Å². The summed E-state index contributed by atoms with van der Waals surface area (Å²) in [5, 5.41) is 23.3. The highest BCUT2D eigenvalue weighted by molar-refractivity contribution is 7.22. The molecule has 3 aromatic rings. The fraction of sp³-hybridized carbons (Fsp3) is 0. The van der Waals surface area contributed by atoms with E-state index < -0.39 is 33.6 Å². The summed E-state index contributed by atoms with van der Waals surface area (Å²) in [5.74, 6) is -2.37. The van der Waals surface area contributed by atoms with Crippen LogP contribution in [0.4, 0.5) is 10.8 Å². The molecule has 0 saturated carbocycles. The fourth-order valence-electron chi connectivity index (χ4n) is 2.24. The van der Waals surface area contributed by atoms with Crippen LogP contribution < -0.4 is 5.32 Å². The number of benzene rings is 2. The summed E-state index contributed by atoms with van der Waals surface area (Å²) in [6, 6.07) is 8.51. The van der Waals surface area contributed by atoms with Crippen LogP contribution >= 0.6 is 22.9 Å². The minimum Gasteiger partial charge on any atom is -0.478 e. The minimum atomic E-state index is -1.44. The largest absolute Gasteiger partial charge is 0.478 e. The SMILES string of the molecule is O=C(O)c1cccc([N+](=O)[O-])c1C(=O)Nc1nc2c(Cl)cccc2s1. The van der Waals surface area contributed by atoms with Gasteiger partial charge in [0.05, 0.1) is 20.2 Å². The molecule has 0 saturated heterocycles. The standard InChI is InChI=1S/C15H8ClN3O5S/c16-8-4-2-6-10-12(8)17-15(25-10)18-13(20)11-7(14(21)22)3-1-5-9(11)19(23)24/h1-6H,(H,21,22)(H,17,18,20). The van der Waals surface area contributed by atoms with Gasteiger partial charge in [0.25, 0.3) is 11.6 Å². The minimum absolute atomic E-state index is 0.155. The van der Waals surface area contributed by atoms with E-state index in [4.69, 9.17) is 11.6 Å². The summed E-state index contributed by atoms with van der Waals surface area (Å²) in [6.45, 7) is 0. The zero-order chi connectivity index (χ0) is 18.1. The predicted octanol–water partition coefficient (Wildman–Crippen LogP) is 3.81. The molecule has 1 aromatic heterocycles. The fourth-order valence-corrected chi connectivity index (χ4v) is 3.40. The van der Waals surface area contributed by atoms with E-state index in [0.717, 1.165) is 23.5 Å². The molecule has 0 spiro atoms. The van der Waals surface area contributed by atoms with Gasteiger partial charge in [0.1, 0.15) is 11.1 Å². The molecule has 2 N–H and O–H groups in total. The first-order chi connectivity index (χ1) is 11.9. The number of nitro benzene ring substituents is 1. The zero-order valence-corrected chi connectivity index (χ0v) is 13.8. The van der Waals surface area contributed by atoms with E-state index in [9.17, 15) is 24.8 Å². The molecule has 0 radical (unpaired) electrons. The number of para-hydroxylation sites is 1. The van der Waals surface area contributed by atoms with Crippen molar-refractivity contribution >= 4 is 55.8 Å². The highest BCUT2D eigenvalue weighted by Crippen LogP contribution is 2.31. The van der Waals surface area contributed by atoms with Gasteiger partial charge in [-0.2, -0.15) is 0 Å². The van der Waals surface area contributed by atoms with Gasteiger partial charge < -0.3 is 5.11 Å². The number of rotatable bonds is 4. The number of carboxylic acids is 1. The maximum atomic E-state index is 12.5. The number of nitro groups is 1. The van der Waals surface area contributed by atoms with Crippen LogP contribution in [0.3, 0.4) is 0 Å². The number of aromatic nitrogens is 1. The lowest BCUT2D eigenvalue weighted by molar-refractivity contribution is -0.385. The number of aromatic carboxylic acids is 1. The topological polar surface area (TPSA) is 122 Å². The molecule has 0 unspecified atom stereocenters. The van der Waals surface area contributed by atoms with Crippen LogP contribution in [0.1, 0.15) is 20.7 Å². The summed E-state index contributed by atoms with van der Waals surface area (Å²) in [6.07, 6.45) is 0. The number of thiazole rings is 1. The summed E-state index contributed by atoms with van der Waals surface area (Å²) in [4.78, 5) is 38.3. The van der Waals surface area contributed by atoms with Gasteiger partial charge in [-0.25, -0.2) is 9.78 Å². The smallest absolute Gasteiger partial charge is 0.336 e. The molecular formula is C15H8ClN3O5S. The van der Waals surface area contributed by atoms with E-state index >= 15 is 0 Å². The molecule has 25 heavy (non-hydrogen) atoms. The van der Waals surface area contributed by atoms with Crippen molar-refractivity contribution < 1.29 is 19.6 Å². The number of nitrogens with zero attached hydrogens (tertiary/aromatic N) is 2. The molecule has 0 bridgehead atoms. The first kappa shape index (κ1) is 16.8. The van der Waals surface area contributed by atoms with Gasteiger partial charge in [0, 0.05) is 6.07 Å².